The third-order valence-electron chi connectivity index (χ3n) is 3.24. The maximum Gasteiger partial charge on any atom is 0.224 e. The van der Waals surface area contributed by atoms with Gasteiger partial charge in [0.25, 0.3) is 0 Å². The molecule has 2 heterocycles. The summed E-state index contributed by atoms with van der Waals surface area (Å²) < 4.78 is 1.81. The molecule has 0 saturated carbocycles. The van der Waals surface area contributed by atoms with Crippen molar-refractivity contribution in [2.24, 2.45) is 7.05 Å². The number of aryl methyl sites for hydroxylation is 2. The molecule has 1 amide bonds. The summed E-state index contributed by atoms with van der Waals surface area (Å²) in [6, 6.07) is 3.78. The Bertz CT molecular complexity index is 575. The van der Waals surface area contributed by atoms with Gasteiger partial charge in [-0.25, -0.2) is 0 Å². The molecule has 0 aliphatic carbocycles. The average Bonchev–Trinajstić information content (AvgIpc) is 2.64. The van der Waals surface area contributed by atoms with E-state index in [0.717, 1.165) is 22.5 Å². The summed E-state index contributed by atoms with van der Waals surface area (Å²) in [7, 11) is 1.89. The van der Waals surface area contributed by atoms with Gasteiger partial charge in [-0.2, -0.15) is 5.10 Å². The van der Waals surface area contributed by atoms with Crippen molar-refractivity contribution in [3.05, 3.63) is 47.0 Å². The zero-order chi connectivity index (χ0) is 13.8. The van der Waals surface area contributed by atoms with Gasteiger partial charge in [-0.1, -0.05) is 0 Å². The van der Waals surface area contributed by atoms with E-state index in [1.165, 1.54) is 0 Å². The van der Waals surface area contributed by atoms with E-state index in [9.17, 15) is 4.79 Å². The van der Waals surface area contributed by atoms with Crippen LogP contribution in [0.25, 0.3) is 0 Å². The summed E-state index contributed by atoms with van der Waals surface area (Å²) in [5.74, 6) is 0.0102. The normalized spacial score (nSPS) is 10.5. The molecule has 0 aromatic carbocycles. The van der Waals surface area contributed by atoms with Crippen LogP contribution in [0.3, 0.4) is 0 Å². The molecule has 0 radical (unpaired) electrons. The summed E-state index contributed by atoms with van der Waals surface area (Å²) in [6.07, 6.45) is 3.81. The highest BCUT2D eigenvalue weighted by molar-refractivity contribution is 5.79. The Morgan fingerprint density at radius 1 is 1.32 bits per heavy atom. The van der Waals surface area contributed by atoms with Crippen LogP contribution in [0.2, 0.25) is 0 Å². The molecule has 0 unspecified atom stereocenters. The van der Waals surface area contributed by atoms with Crippen LogP contribution in [-0.2, 0) is 24.8 Å². The van der Waals surface area contributed by atoms with Crippen molar-refractivity contribution >= 4 is 5.91 Å². The fourth-order valence-corrected chi connectivity index (χ4v) is 2.00. The number of carbonyl (C=O) groups excluding carboxylic acids is 1. The summed E-state index contributed by atoms with van der Waals surface area (Å²) >= 11 is 0. The molecule has 2 rings (SSSR count). The monoisotopic (exact) mass is 258 g/mol. The highest BCUT2D eigenvalue weighted by Gasteiger charge is 2.13. The second-order valence-corrected chi connectivity index (χ2v) is 4.58. The summed E-state index contributed by atoms with van der Waals surface area (Å²) in [5.41, 5.74) is 4.01. The van der Waals surface area contributed by atoms with E-state index in [1.54, 1.807) is 17.1 Å². The minimum absolute atomic E-state index is 0.0102. The van der Waals surface area contributed by atoms with Crippen LogP contribution in [0.5, 0.6) is 0 Å². The van der Waals surface area contributed by atoms with E-state index >= 15 is 0 Å². The molecule has 1 N–H and O–H groups in total. The van der Waals surface area contributed by atoms with E-state index in [2.05, 4.69) is 15.4 Å². The quantitative estimate of drug-likeness (QED) is 0.899. The van der Waals surface area contributed by atoms with Crippen LogP contribution in [0.15, 0.2) is 24.5 Å². The Kier molecular flexibility index (Phi) is 3.94. The molecule has 2 aromatic heterocycles. The van der Waals surface area contributed by atoms with Gasteiger partial charge in [0, 0.05) is 37.2 Å². The molecule has 0 bridgehead atoms. The van der Waals surface area contributed by atoms with Gasteiger partial charge in [-0.3, -0.25) is 14.5 Å². The fraction of sp³-hybridized carbons (Fsp3) is 0.357. The van der Waals surface area contributed by atoms with Crippen molar-refractivity contribution in [3.63, 3.8) is 0 Å². The van der Waals surface area contributed by atoms with Crippen molar-refractivity contribution < 1.29 is 4.79 Å². The SMILES string of the molecule is Cc1nn(C)c(C)c1CC(=O)NCc1ccncc1. The smallest absolute Gasteiger partial charge is 0.224 e. The number of rotatable bonds is 4. The Hall–Kier alpha value is -2.17. The fourth-order valence-electron chi connectivity index (χ4n) is 2.00. The summed E-state index contributed by atoms with van der Waals surface area (Å²) in [6.45, 7) is 4.43. The second-order valence-electron chi connectivity index (χ2n) is 4.58. The van der Waals surface area contributed by atoms with Crippen LogP contribution in [0, 0.1) is 13.8 Å². The van der Waals surface area contributed by atoms with Gasteiger partial charge >= 0.3 is 0 Å². The Balaban J connectivity index is 1.95. The number of carbonyl (C=O) groups is 1. The zero-order valence-electron chi connectivity index (χ0n) is 11.5. The van der Waals surface area contributed by atoms with Gasteiger partial charge < -0.3 is 5.32 Å². The number of amides is 1. The molecule has 5 heteroatoms. The van der Waals surface area contributed by atoms with Crippen molar-refractivity contribution in [2.75, 3.05) is 0 Å². The Labute approximate surface area is 112 Å². The number of aromatic nitrogens is 3. The first kappa shape index (κ1) is 13.3. The van der Waals surface area contributed by atoms with Crippen LogP contribution in [0.1, 0.15) is 22.5 Å². The number of nitrogens with zero attached hydrogens (tertiary/aromatic N) is 3. The van der Waals surface area contributed by atoms with Gasteiger partial charge in [0.15, 0.2) is 0 Å². The number of hydrogen-bond donors (Lipinski definition) is 1. The standard InChI is InChI=1S/C14H18N4O/c1-10-13(11(2)18(3)17-10)8-14(19)16-9-12-4-6-15-7-5-12/h4-7H,8-9H2,1-3H3,(H,16,19). The van der Waals surface area contributed by atoms with Crippen molar-refractivity contribution in [1.82, 2.24) is 20.1 Å². The van der Waals surface area contributed by atoms with E-state index < -0.39 is 0 Å². The van der Waals surface area contributed by atoms with Crippen LogP contribution in [0.4, 0.5) is 0 Å². The van der Waals surface area contributed by atoms with Crippen LogP contribution in [-0.4, -0.2) is 20.7 Å². The lowest BCUT2D eigenvalue weighted by Gasteiger charge is -2.05. The van der Waals surface area contributed by atoms with Gasteiger partial charge in [0.1, 0.15) is 0 Å². The average molecular weight is 258 g/mol. The van der Waals surface area contributed by atoms with Gasteiger partial charge in [-0.05, 0) is 31.5 Å². The predicted octanol–water partition coefficient (Wildman–Crippen LogP) is 1.29. The van der Waals surface area contributed by atoms with Crippen molar-refractivity contribution in [3.8, 4) is 0 Å². The van der Waals surface area contributed by atoms with Gasteiger partial charge in [-0.15, -0.1) is 0 Å². The first-order valence-corrected chi connectivity index (χ1v) is 6.22. The first-order chi connectivity index (χ1) is 9.08. The maximum atomic E-state index is 11.9. The lowest BCUT2D eigenvalue weighted by molar-refractivity contribution is -0.120. The molecule has 0 aliphatic heterocycles. The summed E-state index contributed by atoms with van der Waals surface area (Å²) in [5, 5.41) is 7.22. The lowest BCUT2D eigenvalue weighted by atomic mass is 10.1. The van der Waals surface area contributed by atoms with Gasteiger partial charge in [0.2, 0.25) is 5.91 Å². The number of nitrogens with one attached hydrogen (secondary N) is 1. The number of pyridine rings is 1. The van der Waals surface area contributed by atoms with Crippen LogP contribution < -0.4 is 5.32 Å². The largest absolute Gasteiger partial charge is 0.352 e. The topological polar surface area (TPSA) is 59.8 Å². The van der Waals surface area contributed by atoms with E-state index in [0.29, 0.717) is 13.0 Å². The second kappa shape index (κ2) is 5.65. The van der Waals surface area contributed by atoms with E-state index in [-0.39, 0.29) is 5.91 Å². The molecule has 0 atom stereocenters. The van der Waals surface area contributed by atoms with Gasteiger partial charge in [0.05, 0.1) is 12.1 Å². The van der Waals surface area contributed by atoms with Crippen molar-refractivity contribution in [2.45, 2.75) is 26.8 Å². The summed E-state index contributed by atoms with van der Waals surface area (Å²) in [4.78, 5) is 15.9. The molecule has 100 valence electrons. The third kappa shape index (κ3) is 3.19. The third-order valence-corrected chi connectivity index (χ3v) is 3.24. The molecule has 0 spiro atoms. The molecule has 0 saturated heterocycles. The Morgan fingerprint density at radius 2 is 2.00 bits per heavy atom. The van der Waals surface area contributed by atoms with E-state index in [1.807, 2.05) is 33.0 Å². The minimum Gasteiger partial charge on any atom is -0.352 e. The lowest BCUT2D eigenvalue weighted by Crippen LogP contribution is -2.25. The molecule has 0 aliphatic rings. The molecule has 5 nitrogen and oxygen atoms in total. The first-order valence-electron chi connectivity index (χ1n) is 6.22. The number of hydrogen-bond acceptors (Lipinski definition) is 3. The zero-order valence-corrected chi connectivity index (χ0v) is 11.5. The Morgan fingerprint density at radius 3 is 2.58 bits per heavy atom. The highest BCUT2D eigenvalue weighted by atomic mass is 16.1. The van der Waals surface area contributed by atoms with E-state index in [4.69, 9.17) is 0 Å². The van der Waals surface area contributed by atoms with Crippen LogP contribution >= 0.6 is 0 Å². The highest BCUT2D eigenvalue weighted by Crippen LogP contribution is 2.12. The molecular formula is C14H18N4O. The van der Waals surface area contributed by atoms with Crippen molar-refractivity contribution in [1.29, 1.82) is 0 Å². The molecular weight excluding hydrogens is 240 g/mol. The minimum atomic E-state index is 0.0102. The predicted molar refractivity (Wildman–Crippen MR) is 72.5 cm³/mol. The maximum absolute atomic E-state index is 11.9. The molecule has 19 heavy (non-hydrogen) atoms. The molecule has 0 fully saturated rings. The molecule has 2 aromatic rings.